The van der Waals surface area contributed by atoms with Gasteiger partial charge in [-0.1, -0.05) is 72.8 Å². The second-order valence-corrected chi connectivity index (χ2v) is 12.6. The van der Waals surface area contributed by atoms with Gasteiger partial charge in [-0.05, 0) is 116 Å². The summed E-state index contributed by atoms with van der Waals surface area (Å²) in [4.78, 5) is 2.28. The predicted octanol–water partition coefficient (Wildman–Crippen LogP) is 11.6. The smallest absolute Gasteiger partial charge is 0.168 e. The minimum atomic E-state index is 0.620. The van der Waals surface area contributed by atoms with Crippen LogP contribution in [0.5, 0.6) is 5.75 Å². The van der Waals surface area contributed by atoms with Gasteiger partial charge in [0.2, 0.25) is 0 Å². The maximum atomic E-state index is 5.69. The molecule has 7 aromatic carbocycles. The zero-order valence-corrected chi connectivity index (χ0v) is 28.7. The van der Waals surface area contributed by atoms with Crippen LogP contribution in [-0.4, -0.2) is 25.9 Å². The number of hydrogen-bond acceptors (Lipinski definition) is 4. The molecular formula is C46H35N5O. The van der Waals surface area contributed by atoms with Crippen molar-refractivity contribution in [1.82, 2.24) is 19.3 Å². The Morgan fingerprint density at radius 1 is 0.442 bits per heavy atom. The Morgan fingerprint density at radius 2 is 0.885 bits per heavy atom. The molecule has 250 valence electrons. The first-order chi connectivity index (χ1) is 25.8. The molecule has 0 saturated carbocycles. The van der Waals surface area contributed by atoms with E-state index in [0.29, 0.717) is 6.61 Å². The zero-order chi connectivity index (χ0) is 34.9. The van der Waals surface area contributed by atoms with E-state index in [-0.39, 0.29) is 0 Å². The molecule has 0 N–H and O–H groups in total. The van der Waals surface area contributed by atoms with Crippen LogP contribution in [0.4, 0.5) is 17.1 Å². The van der Waals surface area contributed by atoms with Crippen LogP contribution in [-0.2, 0) is 0 Å². The van der Waals surface area contributed by atoms with Crippen LogP contribution in [0.25, 0.3) is 56.0 Å². The molecule has 0 spiro atoms. The average Bonchev–Trinajstić information content (AvgIpc) is 3.80. The zero-order valence-electron chi connectivity index (χ0n) is 28.7. The van der Waals surface area contributed by atoms with Gasteiger partial charge in [-0.2, -0.15) is 0 Å². The van der Waals surface area contributed by atoms with Crippen molar-refractivity contribution < 1.29 is 4.74 Å². The Bertz CT molecular complexity index is 2560. The molecule has 6 nitrogen and oxygen atoms in total. The molecule has 0 atom stereocenters. The summed E-state index contributed by atoms with van der Waals surface area (Å²) < 4.78 is 10.2. The summed E-state index contributed by atoms with van der Waals surface area (Å²) in [6.07, 6.45) is 0. The van der Waals surface area contributed by atoms with Crippen LogP contribution >= 0.6 is 0 Å². The molecule has 0 bridgehead atoms. The van der Waals surface area contributed by atoms with Crippen molar-refractivity contribution in [3.05, 3.63) is 182 Å². The highest BCUT2D eigenvalue weighted by Crippen LogP contribution is 2.38. The molecule has 2 heterocycles. The summed E-state index contributed by atoms with van der Waals surface area (Å²) in [6.45, 7) is 2.61. The fourth-order valence-electron chi connectivity index (χ4n) is 7.08. The molecule has 0 aliphatic carbocycles. The van der Waals surface area contributed by atoms with E-state index in [2.05, 4.69) is 154 Å². The second kappa shape index (κ2) is 13.4. The van der Waals surface area contributed by atoms with Gasteiger partial charge in [-0.15, -0.1) is 10.2 Å². The largest absolute Gasteiger partial charge is 0.494 e. The predicted molar refractivity (Wildman–Crippen MR) is 212 cm³/mol. The number of aromatic nitrogens is 4. The number of benzene rings is 7. The van der Waals surface area contributed by atoms with Gasteiger partial charge < -0.3 is 14.2 Å². The molecule has 0 saturated heterocycles. The van der Waals surface area contributed by atoms with Crippen molar-refractivity contribution in [1.29, 1.82) is 0 Å². The molecule has 52 heavy (non-hydrogen) atoms. The quantitative estimate of drug-likeness (QED) is 0.153. The molecule has 0 unspecified atom stereocenters. The van der Waals surface area contributed by atoms with Crippen LogP contribution in [0, 0.1) is 0 Å². The number of ether oxygens (including phenoxy) is 1. The van der Waals surface area contributed by atoms with E-state index in [0.717, 1.165) is 57.0 Å². The van der Waals surface area contributed by atoms with Crippen LogP contribution in [0.3, 0.4) is 0 Å². The Balaban J connectivity index is 1.10. The van der Waals surface area contributed by atoms with Crippen LogP contribution < -0.4 is 9.64 Å². The van der Waals surface area contributed by atoms with Crippen molar-refractivity contribution in [2.24, 2.45) is 0 Å². The third kappa shape index (κ3) is 5.56. The van der Waals surface area contributed by atoms with Gasteiger partial charge in [-0.25, -0.2) is 0 Å². The minimum absolute atomic E-state index is 0.620. The number of para-hydroxylation sites is 4. The summed E-state index contributed by atoms with van der Waals surface area (Å²) in [5.41, 5.74) is 9.60. The number of rotatable bonds is 9. The standard InChI is InChI=1S/C46H35N5O/c1-2-52-40-31-23-34(24-32-40)46-48-47-45(51(46)36-15-7-4-8-16-36)33-21-25-37(26-22-33)49(35-13-5-3-6-14-35)38-27-29-39(30-28-38)50-43-19-11-9-17-41(43)42-18-10-12-20-44(42)50/h3-32H,2H2,1H3. The lowest BCUT2D eigenvalue weighted by atomic mass is 10.1. The van der Waals surface area contributed by atoms with Crippen molar-refractivity contribution in [3.8, 4) is 39.9 Å². The van der Waals surface area contributed by atoms with Crippen LogP contribution in [0.1, 0.15) is 6.92 Å². The third-order valence-electron chi connectivity index (χ3n) is 9.45. The SMILES string of the molecule is CCOc1ccc(-c2nnc(-c3ccc(N(c4ccccc4)c4ccc(-n5c6ccccc6c6ccccc65)cc4)cc3)n2-c2ccccc2)cc1. The van der Waals surface area contributed by atoms with Crippen LogP contribution in [0.15, 0.2) is 182 Å². The van der Waals surface area contributed by atoms with Crippen molar-refractivity contribution in [2.45, 2.75) is 6.92 Å². The van der Waals surface area contributed by atoms with E-state index < -0.39 is 0 Å². The molecule has 2 aromatic heterocycles. The normalized spacial score (nSPS) is 11.2. The maximum absolute atomic E-state index is 5.69. The first-order valence-corrected chi connectivity index (χ1v) is 17.5. The lowest BCUT2D eigenvalue weighted by Gasteiger charge is -2.26. The highest BCUT2D eigenvalue weighted by Gasteiger charge is 2.19. The molecule has 0 aliphatic rings. The molecule has 0 fully saturated rings. The molecule has 6 heteroatoms. The van der Waals surface area contributed by atoms with Crippen LogP contribution in [0.2, 0.25) is 0 Å². The van der Waals surface area contributed by atoms with Gasteiger partial charge in [0.1, 0.15) is 5.75 Å². The average molecular weight is 674 g/mol. The van der Waals surface area contributed by atoms with E-state index in [1.165, 1.54) is 21.8 Å². The molecule has 9 aromatic rings. The first kappa shape index (κ1) is 31.1. The summed E-state index contributed by atoms with van der Waals surface area (Å²) in [5.74, 6) is 2.36. The van der Waals surface area contributed by atoms with E-state index in [1.54, 1.807) is 0 Å². The lowest BCUT2D eigenvalue weighted by Crippen LogP contribution is -2.10. The molecule has 9 rings (SSSR count). The Hall–Kier alpha value is -6.92. The first-order valence-electron chi connectivity index (χ1n) is 17.5. The van der Waals surface area contributed by atoms with Gasteiger partial charge in [0.15, 0.2) is 11.6 Å². The van der Waals surface area contributed by atoms with Gasteiger partial charge in [-0.3, -0.25) is 4.57 Å². The summed E-state index contributed by atoms with van der Waals surface area (Å²) in [6, 6.07) is 63.4. The molecule has 0 radical (unpaired) electrons. The van der Waals surface area contributed by atoms with E-state index >= 15 is 0 Å². The molecule has 0 amide bonds. The fraction of sp³-hybridized carbons (Fsp3) is 0.0435. The number of anilines is 3. The third-order valence-corrected chi connectivity index (χ3v) is 9.45. The minimum Gasteiger partial charge on any atom is -0.494 e. The summed E-state index contributed by atoms with van der Waals surface area (Å²) in [5, 5.41) is 11.9. The van der Waals surface area contributed by atoms with E-state index in [1.807, 2.05) is 49.4 Å². The number of hydrogen-bond donors (Lipinski definition) is 0. The summed E-state index contributed by atoms with van der Waals surface area (Å²) in [7, 11) is 0. The molecule has 0 aliphatic heterocycles. The Morgan fingerprint density at radius 3 is 1.44 bits per heavy atom. The van der Waals surface area contributed by atoms with Crippen molar-refractivity contribution in [3.63, 3.8) is 0 Å². The Labute approximate surface area is 302 Å². The van der Waals surface area contributed by atoms with E-state index in [9.17, 15) is 0 Å². The van der Waals surface area contributed by atoms with Gasteiger partial charge >= 0.3 is 0 Å². The van der Waals surface area contributed by atoms with Gasteiger partial charge in [0, 0.05) is 50.3 Å². The fourth-order valence-corrected chi connectivity index (χ4v) is 7.08. The highest BCUT2D eigenvalue weighted by molar-refractivity contribution is 6.09. The van der Waals surface area contributed by atoms with Crippen molar-refractivity contribution in [2.75, 3.05) is 11.5 Å². The lowest BCUT2D eigenvalue weighted by molar-refractivity contribution is 0.340. The Kier molecular flexibility index (Phi) is 8.02. The highest BCUT2D eigenvalue weighted by atomic mass is 16.5. The number of fused-ring (bicyclic) bond motifs is 3. The maximum Gasteiger partial charge on any atom is 0.168 e. The van der Waals surface area contributed by atoms with E-state index in [4.69, 9.17) is 14.9 Å². The van der Waals surface area contributed by atoms with Gasteiger partial charge in [0.25, 0.3) is 0 Å². The topological polar surface area (TPSA) is 48.1 Å². The van der Waals surface area contributed by atoms with Crippen molar-refractivity contribution >= 4 is 38.9 Å². The second-order valence-electron chi connectivity index (χ2n) is 12.6. The van der Waals surface area contributed by atoms with Gasteiger partial charge in [0.05, 0.1) is 17.6 Å². The monoisotopic (exact) mass is 673 g/mol. The molecular weight excluding hydrogens is 639 g/mol. The summed E-state index contributed by atoms with van der Waals surface area (Å²) >= 11 is 0. The number of nitrogens with zero attached hydrogens (tertiary/aromatic N) is 5.